The molecule has 0 unspecified atom stereocenters. The Labute approximate surface area is 133 Å². The largest absolute Gasteiger partial charge is 0.385 e. The summed E-state index contributed by atoms with van der Waals surface area (Å²) in [5.41, 5.74) is 3.88. The molecule has 1 fully saturated rings. The maximum absolute atomic E-state index is 3.43. The van der Waals surface area contributed by atoms with Crippen molar-refractivity contribution in [2.75, 3.05) is 47.8 Å². The first-order valence-corrected chi connectivity index (χ1v) is 8.25. The molecule has 0 saturated carbocycles. The molecule has 1 heterocycles. The molecule has 0 atom stereocenters. The highest BCUT2D eigenvalue weighted by atomic mass is 15.3. The van der Waals surface area contributed by atoms with Crippen LogP contribution in [-0.4, -0.2) is 32.7 Å². The van der Waals surface area contributed by atoms with Crippen molar-refractivity contribution in [2.24, 2.45) is 0 Å². The second-order valence-electron chi connectivity index (χ2n) is 5.78. The minimum absolute atomic E-state index is 1.04. The average Bonchev–Trinajstić information content (AvgIpc) is 2.61. The summed E-state index contributed by atoms with van der Waals surface area (Å²) in [5, 5.41) is 3.43. The van der Waals surface area contributed by atoms with Crippen LogP contribution in [0.2, 0.25) is 0 Å². The van der Waals surface area contributed by atoms with Gasteiger partial charge in [0, 0.05) is 49.8 Å². The molecular weight excluding hydrogens is 270 g/mol. The lowest BCUT2D eigenvalue weighted by molar-refractivity contribution is 0.653. The Morgan fingerprint density at radius 1 is 0.773 bits per heavy atom. The number of benzene rings is 2. The number of hydrogen-bond acceptors (Lipinski definition) is 3. The fourth-order valence-corrected chi connectivity index (χ4v) is 2.92. The van der Waals surface area contributed by atoms with Crippen molar-refractivity contribution in [1.29, 1.82) is 0 Å². The van der Waals surface area contributed by atoms with E-state index in [0.29, 0.717) is 0 Å². The fourth-order valence-electron chi connectivity index (χ4n) is 2.92. The Kier molecular flexibility index (Phi) is 4.84. The first-order valence-electron chi connectivity index (χ1n) is 8.25. The number of nitrogens with zero attached hydrogens (tertiary/aromatic N) is 2. The molecule has 2 aromatic carbocycles. The third-order valence-corrected chi connectivity index (χ3v) is 4.21. The van der Waals surface area contributed by atoms with E-state index in [0.717, 1.165) is 39.1 Å². The van der Waals surface area contributed by atoms with Crippen LogP contribution < -0.4 is 15.1 Å². The molecule has 0 radical (unpaired) electrons. The van der Waals surface area contributed by atoms with Crippen LogP contribution >= 0.6 is 0 Å². The van der Waals surface area contributed by atoms with Gasteiger partial charge < -0.3 is 15.1 Å². The summed E-state index contributed by atoms with van der Waals surface area (Å²) in [5.74, 6) is 0. The van der Waals surface area contributed by atoms with Gasteiger partial charge in [-0.2, -0.15) is 0 Å². The Morgan fingerprint density at radius 2 is 1.32 bits per heavy atom. The predicted molar refractivity (Wildman–Crippen MR) is 96.1 cm³/mol. The predicted octanol–water partition coefficient (Wildman–Crippen LogP) is 3.84. The summed E-state index contributed by atoms with van der Waals surface area (Å²) in [6.07, 6.45) is 1.16. The molecule has 1 aliphatic heterocycles. The van der Waals surface area contributed by atoms with E-state index in [9.17, 15) is 0 Å². The van der Waals surface area contributed by atoms with Crippen molar-refractivity contribution in [3.63, 3.8) is 0 Å². The van der Waals surface area contributed by atoms with Crippen LogP contribution in [0.25, 0.3) is 0 Å². The summed E-state index contributed by atoms with van der Waals surface area (Å²) in [7, 11) is 0. The summed E-state index contributed by atoms with van der Waals surface area (Å²) < 4.78 is 0. The summed E-state index contributed by atoms with van der Waals surface area (Å²) in [4.78, 5) is 4.94. The molecule has 1 N–H and O–H groups in total. The van der Waals surface area contributed by atoms with E-state index in [4.69, 9.17) is 0 Å². The molecule has 22 heavy (non-hydrogen) atoms. The van der Waals surface area contributed by atoms with E-state index in [1.807, 2.05) is 0 Å². The van der Waals surface area contributed by atoms with Gasteiger partial charge >= 0.3 is 0 Å². The van der Waals surface area contributed by atoms with Crippen LogP contribution in [0.15, 0.2) is 54.6 Å². The maximum Gasteiger partial charge on any atom is 0.0368 e. The number of rotatable bonds is 5. The van der Waals surface area contributed by atoms with Crippen LogP contribution in [0.4, 0.5) is 17.1 Å². The van der Waals surface area contributed by atoms with Crippen LogP contribution in [0.3, 0.4) is 0 Å². The third-order valence-electron chi connectivity index (χ3n) is 4.21. The lowest BCUT2D eigenvalue weighted by Crippen LogP contribution is -2.46. The Morgan fingerprint density at radius 3 is 1.86 bits per heavy atom. The quantitative estimate of drug-likeness (QED) is 0.904. The molecule has 116 valence electrons. The minimum atomic E-state index is 1.04. The number of nitrogens with one attached hydrogen (secondary N) is 1. The normalized spacial score (nSPS) is 15.0. The van der Waals surface area contributed by atoms with Gasteiger partial charge in [-0.25, -0.2) is 0 Å². The molecule has 0 bridgehead atoms. The molecule has 0 aliphatic carbocycles. The van der Waals surface area contributed by atoms with E-state index in [1.54, 1.807) is 0 Å². The number of anilines is 3. The van der Waals surface area contributed by atoms with Gasteiger partial charge in [0.25, 0.3) is 0 Å². The zero-order valence-electron chi connectivity index (χ0n) is 13.3. The lowest BCUT2D eigenvalue weighted by atomic mass is 10.2. The molecule has 2 aromatic rings. The van der Waals surface area contributed by atoms with Crippen molar-refractivity contribution in [3.05, 3.63) is 54.6 Å². The number of hydrogen-bond donors (Lipinski definition) is 1. The maximum atomic E-state index is 3.43. The summed E-state index contributed by atoms with van der Waals surface area (Å²) >= 11 is 0. The first-order chi connectivity index (χ1) is 10.9. The van der Waals surface area contributed by atoms with Gasteiger partial charge in [-0.3, -0.25) is 0 Å². The van der Waals surface area contributed by atoms with E-state index >= 15 is 0 Å². The topological polar surface area (TPSA) is 18.5 Å². The Bertz CT molecular complexity index is 557. The fraction of sp³-hybridized carbons (Fsp3) is 0.368. The summed E-state index contributed by atoms with van der Waals surface area (Å²) in [6, 6.07) is 19.5. The van der Waals surface area contributed by atoms with E-state index < -0.39 is 0 Å². The van der Waals surface area contributed by atoms with Crippen LogP contribution in [0.5, 0.6) is 0 Å². The SMILES string of the molecule is CCCNc1ccc(N2CCN(c3ccccc3)CC2)cc1. The summed E-state index contributed by atoms with van der Waals surface area (Å²) in [6.45, 7) is 7.55. The monoisotopic (exact) mass is 295 g/mol. The standard InChI is InChI=1S/C19H25N3/c1-2-12-20-17-8-10-19(11-9-17)22-15-13-21(14-16-22)18-6-4-3-5-7-18/h3-11,20H,2,12-16H2,1H3. The first kappa shape index (κ1) is 14.8. The van der Waals surface area contributed by atoms with Gasteiger partial charge in [-0.1, -0.05) is 25.1 Å². The highest BCUT2D eigenvalue weighted by molar-refractivity contribution is 5.56. The van der Waals surface area contributed by atoms with Gasteiger partial charge in [-0.05, 0) is 42.8 Å². The average molecular weight is 295 g/mol. The van der Waals surface area contributed by atoms with Gasteiger partial charge in [0.1, 0.15) is 0 Å². The zero-order chi connectivity index (χ0) is 15.2. The second-order valence-corrected chi connectivity index (χ2v) is 5.78. The second kappa shape index (κ2) is 7.21. The van der Waals surface area contributed by atoms with Gasteiger partial charge in [-0.15, -0.1) is 0 Å². The molecule has 1 aliphatic rings. The zero-order valence-corrected chi connectivity index (χ0v) is 13.3. The van der Waals surface area contributed by atoms with Crippen molar-refractivity contribution in [3.8, 4) is 0 Å². The molecule has 3 rings (SSSR count). The Hall–Kier alpha value is -2.16. The molecule has 3 heteroatoms. The van der Waals surface area contributed by atoms with Crippen molar-refractivity contribution in [2.45, 2.75) is 13.3 Å². The molecule has 0 spiro atoms. The van der Waals surface area contributed by atoms with Crippen molar-refractivity contribution in [1.82, 2.24) is 0 Å². The van der Waals surface area contributed by atoms with E-state index in [1.165, 1.54) is 17.1 Å². The highest BCUT2D eigenvalue weighted by Crippen LogP contribution is 2.22. The molecule has 0 aromatic heterocycles. The lowest BCUT2D eigenvalue weighted by Gasteiger charge is -2.37. The van der Waals surface area contributed by atoms with Crippen LogP contribution in [0.1, 0.15) is 13.3 Å². The molecule has 1 saturated heterocycles. The minimum Gasteiger partial charge on any atom is -0.385 e. The number of para-hydroxylation sites is 1. The van der Waals surface area contributed by atoms with E-state index in [-0.39, 0.29) is 0 Å². The van der Waals surface area contributed by atoms with Crippen molar-refractivity contribution < 1.29 is 0 Å². The molecular formula is C19H25N3. The molecule has 0 amide bonds. The van der Waals surface area contributed by atoms with E-state index in [2.05, 4.69) is 76.6 Å². The van der Waals surface area contributed by atoms with Crippen LogP contribution in [-0.2, 0) is 0 Å². The van der Waals surface area contributed by atoms with Gasteiger partial charge in [0.05, 0.1) is 0 Å². The molecule has 3 nitrogen and oxygen atoms in total. The Balaban J connectivity index is 1.57. The van der Waals surface area contributed by atoms with Gasteiger partial charge in [0.2, 0.25) is 0 Å². The number of piperazine rings is 1. The van der Waals surface area contributed by atoms with Gasteiger partial charge in [0.15, 0.2) is 0 Å². The van der Waals surface area contributed by atoms with Crippen LogP contribution in [0, 0.1) is 0 Å². The van der Waals surface area contributed by atoms with Crippen molar-refractivity contribution >= 4 is 17.1 Å². The smallest absolute Gasteiger partial charge is 0.0368 e. The highest BCUT2D eigenvalue weighted by Gasteiger charge is 2.17. The third kappa shape index (κ3) is 3.53.